The summed E-state index contributed by atoms with van der Waals surface area (Å²) >= 11 is 0. The highest BCUT2D eigenvalue weighted by molar-refractivity contribution is 7.92. The topological polar surface area (TPSA) is 196 Å². The van der Waals surface area contributed by atoms with E-state index in [1.165, 1.54) is 73.2 Å². The highest BCUT2D eigenvalue weighted by atomic mass is 32.2. The smallest absolute Gasteiger partial charge is 0.356 e. The van der Waals surface area contributed by atoms with Crippen molar-refractivity contribution in [1.82, 2.24) is 19.4 Å². The molecule has 0 aliphatic heterocycles. The predicted molar refractivity (Wildman–Crippen MR) is 234 cm³/mol. The van der Waals surface area contributed by atoms with Crippen LogP contribution in [0.2, 0.25) is 0 Å². The van der Waals surface area contributed by atoms with Crippen molar-refractivity contribution in [2.75, 3.05) is 31.6 Å². The molecule has 0 spiro atoms. The van der Waals surface area contributed by atoms with Crippen LogP contribution < -0.4 is 5.32 Å². The van der Waals surface area contributed by atoms with Crippen LogP contribution in [0.25, 0.3) is 0 Å². The average molecular weight is 901 g/mol. The van der Waals surface area contributed by atoms with E-state index in [0.717, 1.165) is 88.2 Å². The van der Waals surface area contributed by atoms with E-state index in [9.17, 15) is 36.0 Å². The molecule has 4 aliphatic rings. The van der Waals surface area contributed by atoms with Crippen molar-refractivity contribution >= 4 is 49.2 Å². The normalized spacial score (nSPS) is 14.5. The Morgan fingerprint density at radius 3 is 1.49 bits per heavy atom. The fourth-order valence-electron chi connectivity index (χ4n) is 9.66. The van der Waals surface area contributed by atoms with Gasteiger partial charge in [-0.3, -0.25) is 19.2 Å². The Labute approximate surface area is 369 Å². The van der Waals surface area contributed by atoms with Crippen LogP contribution in [0.1, 0.15) is 98.7 Å². The Morgan fingerprint density at radius 2 is 1.10 bits per heavy atom. The Balaban J connectivity index is 0.000000207. The molecule has 0 atom stereocenters. The Hall–Kier alpha value is -5.44. The number of nitrogens with zero attached hydrogens (tertiary/aromatic N) is 3. The molecule has 0 fully saturated rings. The van der Waals surface area contributed by atoms with Crippen molar-refractivity contribution in [2.45, 2.75) is 107 Å². The van der Waals surface area contributed by atoms with Crippen LogP contribution in [0.15, 0.2) is 52.6 Å². The number of hydrogen-bond acceptors (Lipinski definition) is 10. The molecule has 2 aromatic carbocycles. The molecule has 14 nitrogen and oxygen atoms in total. The SMILES string of the molecule is CC(=O)NCCN(C)C(=O)c1cc(S(=O)(=O)CC(=O)Cc2c3c(cc4c2CCC4)CCC3)cn1C.Cn1ccc(S(=O)(=O)CC(=O)Cc2c3c(cc4c2CCC4)CCC3)c1.O=C=O. The van der Waals surface area contributed by atoms with Crippen molar-refractivity contribution in [3.05, 3.63) is 104 Å². The summed E-state index contributed by atoms with van der Waals surface area (Å²) in [6.45, 7) is 1.99. The molecule has 4 aliphatic carbocycles. The van der Waals surface area contributed by atoms with Gasteiger partial charge in [-0.05, 0) is 145 Å². The summed E-state index contributed by atoms with van der Waals surface area (Å²) in [4.78, 5) is 67.3. The van der Waals surface area contributed by atoms with Gasteiger partial charge < -0.3 is 19.4 Å². The van der Waals surface area contributed by atoms with E-state index in [2.05, 4.69) is 17.4 Å². The molecule has 2 heterocycles. The van der Waals surface area contributed by atoms with Crippen molar-refractivity contribution in [3.8, 4) is 0 Å². The van der Waals surface area contributed by atoms with Crippen LogP contribution in [0.4, 0.5) is 0 Å². The number of amides is 2. The number of nitrogens with one attached hydrogen (secondary N) is 1. The lowest BCUT2D eigenvalue weighted by atomic mass is 9.91. The maximum atomic E-state index is 13.1. The van der Waals surface area contributed by atoms with E-state index in [4.69, 9.17) is 9.59 Å². The summed E-state index contributed by atoms with van der Waals surface area (Å²) < 4.78 is 54.3. The fraction of sp³-hybridized carbons (Fsp3) is 0.468. The largest absolute Gasteiger partial charge is 0.373 e. The van der Waals surface area contributed by atoms with Crippen LogP contribution in [0, 0.1) is 0 Å². The van der Waals surface area contributed by atoms with Gasteiger partial charge in [0.1, 0.15) is 17.2 Å². The number of aromatic nitrogens is 2. The van der Waals surface area contributed by atoms with E-state index in [0.29, 0.717) is 6.54 Å². The Bertz CT molecular complexity index is 2640. The van der Waals surface area contributed by atoms with Gasteiger partial charge in [-0.15, -0.1) is 0 Å². The molecular weight excluding hydrogens is 845 g/mol. The number of carbonyl (C=O) groups is 4. The highest BCUT2D eigenvalue weighted by Gasteiger charge is 2.30. The van der Waals surface area contributed by atoms with Crippen molar-refractivity contribution < 1.29 is 45.6 Å². The molecule has 0 saturated carbocycles. The van der Waals surface area contributed by atoms with Gasteiger partial charge in [-0.1, -0.05) is 12.1 Å². The average Bonchev–Trinajstić information content (AvgIpc) is 4.06. The maximum Gasteiger partial charge on any atom is 0.373 e. The molecule has 63 heavy (non-hydrogen) atoms. The Kier molecular flexibility index (Phi) is 14.9. The van der Waals surface area contributed by atoms with Crippen LogP contribution in [0.5, 0.6) is 0 Å². The number of aryl methyl sites for hydroxylation is 6. The number of carbonyl (C=O) groups excluding carboxylic acids is 6. The van der Waals surface area contributed by atoms with Gasteiger partial charge in [0.25, 0.3) is 5.91 Å². The second-order valence-electron chi connectivity index (χ2n) is 17.1. The van der Waals surface area contributed by atoms with E-state index in [-0.39, 0.29) is 64.4 Å². The van der Waals surface area contributed by atoms with Gasteiger partial charge in [-0.2, -0.15) is 9.59 Å². The van der Waals surface area contributed by atoms with Gasteiger partial charge in [0, 0.05) is 72.6 Å². The summed E-state index contributed by atoms with van der Waals surface area (Å²) in [5, 5.41) is 2.63. The third-order valence-electron chi connectivity index (χ3n) is 12.5. The third kappa shape index (κ3) is 11.0. The van der Waals surface area contributed by atoms with Crippen LogP contribution in [-0.4, -0.2) is 92.0 Å². The molecule has 1 N–H and O–H groups in total. The monoisotopic (exact) mass is 900 g/mol. The number of benzene rings is 2. The van der Waals surface area contributed by atoms with E-state index < -0.39 is 31.2 Å². The molecule has 2 amide bonds. The maximum absolute atomic E-state index is 13.1. The van der Waals surface area contributed by atoms with Gasteiger partial charge in [0.15, 0.2) is 31.2 Å². The lowest BCUT2D eigenvalue weighted by molar-refractivity contribution is -0.191. The van der Waals surface area contributed by atoms with Crippen LogP contribution >= 0.6 is 0 Å². The van der Waals surface area contributed by atoms with Gasteiger partial charge in [0.2, 0.25) is 5.91 Å². The summed E-state index contributed by atoms with van der Waals surface area (Å²) in [5.41, 5.74) is 13.0. The van der Waals surface area contributed by atoms with Gasteiger partial charge in [0.05, 0.1) is 9.79 Å². The molecule has 4 aromatic rings. The summed E-state index contributed by atoms with van der Waals surface area (Å²) in [6.07, 6.45) is 17.9. The molecule has 0 bridgehead atoms. The highest BCUT2D eigenvalue weighted by Crippen LogP contribution is 2.37. The minimum absolute atomic E-state index is 0.0320. The number of sulfone groups is 2. The predicted octanol–water partition coefficient (Wildman–Crippen LogP) is 3.80. The minimum atomic E-state index is -3.89. The lowest BCUT2D eigenvalue weighted by Gasteiger charge is -2.17. The van der Waals surface area contributed by atoms with Crippen LogP contribution in [0.3, 0.4) is 0 Å². The van der Waals surface area contributed by atoms with Crippen molar-refractivity contribution in [3.63, 3.8) is 0 Å². The lowest BCUT2D eigenvalue weighted by Crippen LogP contribution is -2.36. The standard InChI is InChI=1S/C26H33N3O5S.C20H23NO3S.CO2/c1-17(30)27-10-11-28(2)26(32)25-14-21(15-29(25)3)35(33,34)16-20(31)13-24-22-8-4-6-18(22)12-19-7-5-9-23(19)24;1-21-9-8-17(12-21)25(23,24)13-16(22)11-20-18-6-2-4-14(18)10-15-5-3-7-19(15)20;2-1-3/h12,14-15H,4-11,13,16H2,1-3H3,(H,27,30);8-10,12H,2-7,11,13H2,1H3;. The van der Waals surface area contributed by atoms with Gasteiger partial charge in [-0.25, -0.2) is 16.8 Å². The third-order valence-corrected chi connectivity index (χ3v) is 15.8. The summed E-state index contributed by atoms with van der Waals surface area (Å²) in [5.74, 6) is -2.05. The molecule has 8 rings (SSSR count). The zero-order chi connectivity index (χ0) is 45.6. The first-order valence-electron chi connectivity index (χ1n) is 21.5. The Morgan fingerprint density at radius 1 is 0.667 bits per heavy atom. The molecular formula is C47H56N4O10S2. The zero-order valence-corrected chi connectivity index (χ0v) is 38.1. The van der Waals surface area contributed by atoms with Crippen molar-refractivity contribution in [2.24, 2.45) is 14.1 Å². The summed E-state index contributed by atoms with van der Waals surface area (Å²) in [7, 11) is -2.48. The fourth-order valence-corrected chi connectivity index (χ4v) is 12.2. The first-order chi connectivity index (χ1) is 29.9. The molecule has 336 valence electrons. The first kappa shape index (κ1) is 47.0. The van der Waals surface area contributed by atoms with E-state index >= 15 is 0 Å². The molecule has 0 saturated heterocycles. The van der Waals surface area contributed by atoms with Crippen molar-refractivity contribution in [1.29, 1.82) is 0 Å². The zero-order valence-electron chi connectivity index (χ0n) is 36.5. The number of rotatable bonds is 14. The number of Topliss-reactive ketones (excluding diaryl/α,β-unsaturated/α-hetero) is 2. The minimum Gasteiger partial charge on any atom is -0.356 e. The van der Waals surface area contributed by atoms with E-state index in [1.54, 1.807) is 44.2 Å². The number of fused-ring (bicyclic) bond motifs is 4. The quantitative estimate of drug-likeness (QED) is 0.195. The summed E-state index contributed by atoms with van der Waals surface area (Å²) in [6, 6.07) is 7.52. The second-order valence-corrected chi connectivity index (χ2v) is 21.1. The number of ketones is 2. The molecule has 0 radical (unpaired) electrons. The van der Waals surface area contributed by atoms with Gasteiger partial charge >= 0.3 is 6.15 Å². The van der Waals surface area contributed by atoms with E-state index in [1.807, 2.05) is 0 Å². The number of hydrogen-bond donors (Lipinski definition) is 1. The van der Waals surface area contributed by atoms with Crippen LogP contribution in [-0.2, 0) is 122 Å². The number of likely N-dealkylation sites (N-methyl/N-ethyl adjacent to an activating group) is 1. The first-order valence-corrected chi connectivity index (χ1v) is 24.8. The second kappa shape index (κ2) is 19.9. The molecule has 16 heteroatoms. The molecule has 0 unspecified atom stereocenters. The molecule has 2 aromatic heterocycles.